The van der Waals surface area contributed by atoms with Gasteiger partial charge in [0.15, 0.2) is 4.96 Å². The molecule has 0 saturated carbocycles. The Bertz CT molecular complexity index is 1240. The Hall–Kier alpha value is -3.00. The molecule has 0 N–H and O–H groups in total. The van der Waals surface area contributed by atoms with E-state index in [1.807, 2.05) is 35.2 Å². The maximum absolute atomic E-state index is 13.5. The van der Waals surface area contributed by atoms with Crippen molar-refractivity contribution in [1.82, 2.24) is 19.2 Å². The third-order valence-corrected chi connectivity index (χ3v) is 7.57. The lowest BCUT2D eigenvalue weighted by molar-refractivity contribution is 0.0325. The topological polar surface area (TPSA) is 50.1 Å². The van der Waals surface area contributed by atoms with Gasteiger partial charge in [0.25, 0.3) is 5.91 Å². The van der Waals surface area contributed by atoms with Crippen LogP contribution in [0.5, 0.6) is 0 Å². The number of aromatic nitrogens is 2. The number of fused-ring (bicyclic) bond motifs is 1. The lowest BCUT2D eigenvalue weighted by Gasteiger charge is -2.30. The molecule has 0 aliphatic carbocycles. The number of aryl methyl sites for hydroxylation is 1. The molecule has 0 unspecified atom stereocenters. The van der Waals surface area contributed by atoms with Gasteiger partial charge in [-0.25, -0.2) is 4.98 Å². The van der Waals surface area contributed by atoms with Crippen LogP contribution in [0.2, 0.25) is 0 Å². The Kier molecular flexibility index (Phi) is 7.57. The number of imidazole rings is 1. The third-order valence-electron chi connectivity index (χ3n) is 6.68. The second-order valence-electron chi connectivity index (χ2n) is 8.92. The predicted molar refractivity (Wildman–Crippen MR) is 141 cm³/mol. The van der Waals surface area contributed by atoms with Gasteiger partial charge in [-0.15, -0.1) is 11.3 Å². The predicted octanol–water partition coefficient (Wildman–Crippen LogP) is 4.64. The molecule has 0 spiro atoms. The number of carbonyl (C=O) groups excluding carboxylic acids is 1. The lowest BCUT2D eigenvalue weighted by atomic mass is 10.1. The number of carbonyl (C=O) groups is 1. The summed E-state index contributed by atoms with van der Waals surface area (Å²) >= 11 is 1.65. The number of morpholine rings is 1. The molecule has 2 aromatic carbocycles. The first kappa shape index (κ1) is 23.7. The molecule has 1 saturated heterocycles. The third kappa shape index (κ3) is 5.64. The van der Waals surface area contributed by atoms with E-state index in [1.165, 1.54) is 11.3 Å². The lowest BCUT2D eigenvalue weighted by Crippen LogP contribution is -2.43. The van der Waals surface area contributed by atoms with Gasteiger partial charge in [0, 0.05) is 67.5 Å². The average molecular weight is 489 g/mol. The molecule has 4 aromatic rings. The molecule has 0 atom stereocenters. The van der Waals surface area contributed by atoms with Crippen LogP contribution in [0.1, 0.15) is 28.5 Å². The highest BCUT2D eigenvalue weighted by Crippen LogP contribution is 2.24. The van der Waals surface area contributed by atoms with E-state index in [0.717, 1.165) is 67.5 Å². The van der Waals surface area contributed by atoms with Gasteiger partial charge in [-0.1, -0.05) is 49.4 Å². The number of amides is 1. The maximum atomic E-state index is 13.5. The van der Waals surface area contributed by atoms with E-state index in [0.29, 0.717) is 13.1 Å². The smallest absolute Gasteiger partial charge is 0.253 e. The molecule has 35 heavy (non-hydrogen) atoms. The molecule has 3 heterocycles. The molecule has 1 aliphatic heterocycles. The number of ether oxygens (including phenoxy) is 1. The van der Waals surface area contributed by atoms with Gasteiger partial charge in [0.2, 0.25) is 0 Å². The Morgan fingerprint density at radius 1 is 1.06 bits per heavy atom. The first-order valence-corrected chi connectivity index (χ1v) is 13.3. The van der Waals surface area contributed by atoms with E-state index in [1.54, 1.807) is 11.3 Å². The SMILES string of the molecule is CCc1ccc(C(=O)N(CCc2csc3nc(-c4ccccc4)cn23)CCN2CCOCC2)cc1. The summed E-state index contributed by atoms with van der Waals surface area (Å²) in [5.74, 6) is 0.1000. The van der Waals surface area contributed by atoms with Gasteiger partial charge in [0.1, 0.15) is 0 Å². The van der Waals surface area contributed by atoms with Crippen molar-refractivity contribution in [3.8, 4) is 11.3 Å². The van der Waals surface area contributed by atoms with E-state index in [9.17, 15) is 4.79 Å². The van der Waals surface area contributed by atoms with Crippen LogP contribution in [0, 0.1) is 0 Å². The molecule has 6 nitrogen and oxygen atoms in total. The van der Waals surface area contributed by atoms with Crippen molar-refractivity contribution in [1.29, 1.82) is 0 Å². The van der Waals surface area contributed by atoms with Crippen molar-refractivity contribution < 1.29 is 9.53 Å². The van der Waals surface area contributed by atoms with Gasteiger partial charge < -0.3 is 9.64 Å². The molecule has 5 rings (SSSR count). The van der Waals surface area contributed by atoms with Crippen molar-refractivity contribution in [3.05, 3.63) is 83.0 Å². The molecule has 0 radical (unpaired) electrons. The second kappa shape index (κ2) is 11.2. The zero-order valence-corrected chi connectivity index (χ0v) is 21.0. The van der Waals surface area contributed by atoms with E-state index in [4.69, 9.17) is 9.72 Å². The number of nitrogens with zero attached hydrogens (tertiary/aromatic N) is 4. The molecule has 1 aliphatic rings. The Morgan fingerprint density at radius 2 is 1.83 bits per heavy atom. The summed E-state index contributed by atoms with van der Waals surface area (Å²) < 4.78 is 7.66. The Morgan fingerprint density at radius 3 is 2.57 bits per heavy atom. The van der Waals surface area contributed by atoms with E-state index >= 15 is 0 Å². The summed E-state index contributed by atoms with van der Waals surface area (Å²) in [5.41, 5.74) is 5.29. The van der Waals surface area contributed by atoms with Crippen LogP contribution in [0.3, 0.4) is 0 Å². The van der Waals surface area contributed by atoms with Crippen molar-refractivity contribution in [3.63, 3.8) is 0 Å². The van der Waals surface area contributed by atoms with Crippen molar-refractivity contribution in [2.45, 2.75) is 19.8 Å². The van der Waals surface area contributed by atoms with Crippen molar-refractivity contribution in [2.75, 3.05) is 45.9 Å². The van der Waals surface area contributed by atoms with Crippen LogP contribution >= 0.6 is 11.3 Å². The van der Waals surface area contributed by atoms with Crippen LogP contribution in [0.4, 0.5) is 0 Å². The van der Waals surface area contributed by atoms with Crippen molar-refractivity contribution in [2.24, 2.45) is 0 Å². The molecule has 2 aromatic heterocycles. The Labute approximate surface area is 210 Å². The van der Waals surface area contributed by atoms with Crippen LogP contribution in [-0.2, 0) is 17.6 Å². The van der Waals surface area contributed by atoms with Crippen LogP contribution in [0.25, 0.3) is 16.2 Å². The van der Waals surface area contributed by atoms with Crippen LogP contribution in [-0.4, -0.2) is 71.0 Å². The van der Waals surface area contributed by atoms with Gasteiger partial charge >= 0.3 is 0 Å². The number of benzene rings is 2. The molecule has 7 heteroatoms. The van der Waals surface area contributed by atoms with Gasteiger partial charge in [-0.3, -0.25) is 14.1 Å². The van der Waals surface area contributed by atoms with E-state index in [2.05, 4.69) is 52.1 Å². The number of rotatable bonds is 9. The highest BCUT2D eigenvalue weighted by Gasteiger charge is 2.19. The first-order valence-electron chi connectivity index (χ1n) is 12.4. The number of hydrogen-bond acceptors (Lipinski definition) is 5. The van der Waals surface area contributed by atoms with Crippen LogP contribution in [0.15, 0.2) is 66.2 Å². The van der Waals surface area contributed by atoms with E-state index < -0.39 is 0 Å². The second-order valence-corrected chi connectivity index (χ2v) is 9.76. The Balaban J connectivity index is 1.32. The average Bonchev–Trinajstić information content (AvgIpc) is 3.51. The fourth-order valence-electron chi connectivity index (χ4n) is 4.47. The minimum atomic E-state index is 0.1000. The minimum absolute atomic E-state index is 0.1000. The summed E-state index contributed by atoms with van der Waals surface area (Å²) in [6, 6.07) is 18.3. The fourth-order valence-corrected chi connectivity index (χ4v) is 5.38. The van der Waals surface area contributed by atoms with Crippen molar-refractivity contribution >= 4 is 22.2 Å². The summed E-state index contributed by atoms with van der Waals surface area (Å²) in [5, 5.41) is 2.16. The largest absolute Gasteiger partial charge is 0.379 e. The van der Waals surface area contributed by atoms with E-state index in [-0.39, 0.29) is 5.91 Å². The monoisotopic (exact) mass is 488 g/mol. The molecule has 182 valence electrons. The normalized spacial score (nSPS) is 14.4. The minimum Gasteiger partial charge on any atom is -0.379 e. The zero-order valence-electron chi connectivity index (χ0n) is 20.2. The van der Waals surface area contributed by atoms with Gasteiger partial charge in [-0.05, 0) is 24.1 Å². The quantitative estimate of drug-likeness (QED) is 0.344. The molecule has 1 fully saturated rings. The molecule has 1 amide bonds. The highest BCUT2D eigenvalue weighted by molar-refractivity contribution is 7.15. The highest BCUT2D eigenvalue weighted by atomic mass is 32.1. The van der Waals surface area contributed by atoms with Gasteiger partial charge in [0.05, 0.1) is 18.9 Å². The maximum Gasteiger partial charge on any atom is 0.253 e. The molecular formula is C28H32N4O2S. The summed E-state index contributed by atoms with van der Waals surface area (Å²) in [6.07, 6.45) is 3.87. The first-order chi connectivity index (χ1) is 17.2. The fraction of sp³-hybridized carbons (Fsp3) is 0.357. The summed E-state index contributed by atoms with van der Waals surface area (Å²) in [7, 11) is 0. The standard InChI is InChI=1S/C28H32N4O2S/c1-2-22-8-10-24(11-9-22)27(33)31(15-14-30-16-18-34-19-17-30)13-12-25-21-35-28-29-26(20-32(25)28)23-6-4-3-5-7-23/h3-11,20-21H,2,12-19H2,1H3. The van der Waals surface area contributed by atoms with Gasteiger partial charge in [-0.2, -0.15) is 0 Å². The van der Waals surface area contributed by atoms with Crippen LogP contribution < -0.4 is 0 Å². The summed E-state index contributed by atoms with van der Waals surface area (Å²) in [4.78, 5) is 23.7. The molecular weight excluding hydrogens is 456 g/mol. The summed E-state index contributed by atoms with van der Waals surface area (Å²) in [6.45, 7) is 7.76. The zero-order chi connectivity index (χ0) is 24.0. The molecule has 0 bridgehead atoms. The number of hydrogen-bond donors (Lipinski definition) is 0. The number of thiazole rings is 1.